The van der Waals surface area contributed by atoms with Crippen molar-refractivity contribution < 1.29 is 4.79 Å². The number of thiophene rings is 1. The number of hydrogen-bond acceptors (Lipinski definition) is 4. The van der Waals surface area contributed by atoms with Gasteiger partial charge >= 0.3 is 0 Å². The van der Waals surface area contributed by atoms with Crippen LogP contribution in [0.15, 0.2) is 36.7 Å². The van der Waals surface area contributed by atoms with Gasteiger partial charge in [0, 0.05) is 12.4 Å². The number of halogens is 1. The molecule has 0 unspecified atom stereocenters. The van der Waals surface area contributed by atoms with Gasteiger partial charge in [0.25, 0.3) is 0 Å². The summed E-state index contributed by atoms with van der Waals surface area (Å²) in [4.78, 5) is 16.3. The highest BCUT2D eigenvalue weighted by Gasteiger charge is 2.14. The minimum Gasteiger partial charge on any atom is -0.298 e. The lowest BCUT2D eigenvalue weighted by Gasteiger charge is -2.00. The Hall–Kier alpha value is -1.98. The second-order valence-electron chi connectivity index (χ2n) is 4.29. The van der Waals surface area contributed by atoms with Crippen LogP contribution in [0.4, 0.5) is 0 Å². The number of carbonyl (C=O) groups is 1. The average Bonchev–Trinajstić information content (AvgIpc) is 3.04. The Kier molecular flexibility index (Phi) is 3.38. The van der Waals surface area contributed by atoms with Gasteiger partial charge in [-0.25, -0.2) is 9.67 Å². The molecule has 100 valence electrons. The first-order chi connectivity index (χ1) is 9.67. The molecular weight excluding hydrogens is 294 g/mol. The zero-order valence-corrected chi connectivity index (χ0v) is 12.1. The van der Waals surface area contributed by atoms with E-state index in [1.54, 1.807) is 23.1 Å². The van der Waals surface area contributed by atoms with E-state index < -0.39 is 0 Å². The topological polar surface area (TPSA) is 47.8 Å². The van der Waals surface area contributed by atoms with Crippen LogP contribution in [-0.2, 0) is 0 Å². The minimum absolute atomic E-state index is 0.520. The van der Waals surface area contributed by atoms with Crippen LogP contribution >= 0.6 is 22.9 Å². The van der Waals surface area contributed by atoms with Crippen molar-refractivity contribution in [2.24, 2.45) is 0 Å². The Labute approximate surface area is 124 Å². The second kappa shape index (κ2) is 5.19. The lowest BCUT2D eigenvalue weighted by molar-refractivity contribution is 0.112. The molecule has 0 bridgehead atoms. The van der Waals surface area contributed by atoms with Gasteiger partial charge < -0.3 is 0 Å². The summed E-state index contributed by atoms with van der Waals surface area (Å²) in [6, 6.07) is 7.47. The first-order valence-electron chi connectivity index (χ1n) is 5.91. The molecule has 3 aromatic rings. The summed E-state index contributed by atoms with van der Waals surface area (Å²) in [5.41, 5.74) is 2.23. The molecule has 0 aliphatic heterocycles. The number of carbonyl (C=O) groups excluding carboxylic acids is 1. The van der Waals surface area contributed by atoms with Gasteiger partial charge in [-0.15, -0.1) is 11.3 Å². The molecule has 20 heavy (non-hydrogen) atoms. The van der Waals surface area contributed by atoms with Crippen LogP contribution in [-0.4, -0.2) is 21.1 Å². The highest BCUT2D eigenvalue weighted by Crippen LogP contribution is 2.31. The van der Waals surface area contributed by atoms with E-state index in [9.17, 15) is 4.79 Å². The van der Waals surface area contributed by atoms with E-state index >= 15 is 0 Å². The van der Waals surface area contributed by atoms with Crippen molar-refractivity contribution in [1.29, 1.82) is 0 Å². The predicted molar refractivity (Wildman–Crippen MR) is 79.8 cm³/mol. The van der Waals surface area contributed by atoms with Crippen molar-refractivity contribution in [1.82, 2.24) is 14.8 Å². The molecule has 3 aromatic heterocycles. The Bertz CT molecular complexity index is 778. The largest absolute Gasteiger partial charge is 0.298 e. The predicted octanol–water partition coefficient (Wildman–Crippen LogP) is 3.77. The maximum Gasteiger partial charge on any atom is 0.153 e. The number of hydrogen-bond donors (Lipinski definition) is 0. The van der Waals surface area contributed by atoms with Crippen LogP contribution in [0.3, 0.4) is 0 Å². The molecule has 0 N–H and O–H groups in total. The highest BCUT2D eigenvalue weighted by atomic mass is 35.5. The molecule has 0 saturated carbocycles. The molecular formula is C14H10ClN3OS. The van der Waals surface area contributed by atoms with Crippen LogP contribution < -0.4 is 0 Å². The normalized spacial score (nSPS) is 10.7. The lowest BCUT2D eigenvalue weighted by Crippen LogP contribution is -1.98. The van der Waals surface area contributed by atoms with Gasteiger partial charge in [0.05, 0.1) is 14.8 Å². The standard InChI is InChI=1S/C14H10ClN3OS/c1-9-4-5-16-13(6-9)18-7-10(8-19)14(17-18)11-2-3-12(15)20-11/h2-8H,1H3. The van der Waals surface area contributed by atoms with Gasteiger partial charge in [0.1, 0.15) is 5.69 Å². The van der Waals surface area contributed by atoms with E-state index in [2.05, 4.69) is 10.1 Å². The Balaban J connectivity index is 2.11. The van der Waals surface area contributed by atoms with Crippen molar-refractivity contribution in [2.45, 2.75) is 6.92 Å². The first kappa shape index (κ1) is 13.0. The first-order valence-corrected chi connectivity index (χ1v) is 7.10. The molecule has 0 aliphatic rings. The SMILES string of the molecule is Cc1ccnc(-n2cc(C=O)c(-c3ccc(Cl)s3)n2)c1. The number of nitrogens with zero attached hydrogens (tertiary/aromatic N) is 3. The maximum atomic E-state index is 11.2. The van der Waals surface area contributed by atoms with E-state index in [4.69, 9.17) is 11.6 Å². The van der Waals surface area contributed by atoms with Gasteiger partial charge in [-0.1, -0.05) is 11.6 Å². The summed E-state index contributed by atoms with van der Waals surface area (Å²) in [6.45, 7) is 1.98. The van der Waals surface area contributed by atoms with E-state index in [0.717, 1.165) is 16.7 Å². The molecule has 0 aliphatic carbocycles. The number of aryl methyl sites for hydroxylation is 1. The molecule has 3 rings (SSSR count). The van der Waals surface area contributed by atoms with Crippen molar-refractivity contribution in [3.05, 3.63) is 52.1 Å². The quantitative estimate of drug-likeness (QED) is 0.692. The van der Waals surface area contributed by atoms with Crippen molar-refractivity contribution in [3.8, 4) is 16.4 Å². The van der Waals surface area contributed by atoms with E-state index in [1.807, 2.05) is 25.1 Å². The fourth-order valence-corrected chi connectivity index (χ4v) is 2.92. The molecule has 0 aromatic carbocycles. The van der Waals surface area contributed by atoms with Gasteiger partial charge in [0.15, 0.2) is 12.1 Å². The smallest absolute Gasteiger partial charge is 0.153 e. The Morgan fingerprint density at radius 2 is 2.20 bits per heavy atom. The monoisotopic (exact) mass is 303 g/mol. The van der Waals surface area contributed by atoms with Gasteiger partial charge in [-0.3, -0.25) is 4.79 Å². The summed E-state index contributed by atoms with van der Waals surface area (Å²) in [5.74, 6) is 0.682. The molecule has 0 spiro atoms. The average molecular weight is 304 g/mol. The molecule has 0 saturated heterocycles. The fourth-order valence-electron chi connectivity index (χ4n) is 1.87. The highest BCUT2D eigenvalue weighted by molar-refractivity contribution is 7.19. The summed E-state index contributed by atoms with van der Waals surface area (Å²) >= 11 is 7.33. The van der Waals surface area contributed by atoms with E-state index in [-0.39, 0.29) is 0 Å². The van der Waals surface area contributed by atoms with Gasteiger partial charge in [0.2, 0.25) is 0 Å². The molecule has 3 heterocycles. The summed E-state index contributed by atoms with van der Waals surface area (Å²) in [6.07, 6.45) is 4.19. The van der Waals surface area contributed by atoms with Crippen molar-refractivity contribution >= 4 is 29.2 Å². The number of pyridine rings is 1. The van der Waals surface area contributed by atoms with Crippen molar-refractivity contribution in [3.63, 3.8) is 0 Å². The van der Waals surface area contributed by atoms with E-state index in [1.165, 1.54) is 11.3 Å². The van der Waals surface area contributed by atoms with Crippen LogP contribution in [0.1, 0.15) is 15.9 Å². The van der Waals surface area contributed by atoms with E-state index in [0.29, 0.717) is 21.4 Å². The zero-order valence-electron chi connectivity index (χ0n) is 10.6. The van der Waals surface area contributed by atoms with Gasteiger partial charge in [-0.2, -0.15) is 5.10 Å². The second-order valence-corrected chi connectivity index (χ2v) is 6.01. The van der Waals surface area contributed by atoms with Crippen molar-refractivity contribution in [2.75, 3.05) is 0 Å². The minimum atomic E-state index is 0.520. The molecule has 4 nitrogen and oxygen atoms in total. The maximum absolute atomic E-state index is 11.2. The molecule has 0 radical (unpaired) electrons. The summed E-state index contributed by atoms with van der Waals surface area (Å²) in [7, 11) is 0. The lowest BCUT2D eigenvalue weighted by atomic mass is 10.2. The summed E-state index contributed by atoms with van der Waals surface area (Å²) < 4.78 is 2.28. The third-order valence-corrected chi connectivity index (χ3v) is 4.05. The van der Waals surface area contributed by atoms with Crippen LogP contribution in [0.25, 0.3) is 16.4 Å². The van der Waals surface area contributed by atoms with Crippen LogP contribution in [0.5, 0.6) is 0 Å². The Morgan fingerprint density at radius 1 is 1.35 bits per heavy atom. The summed E-state index contributed by atoms with van der Waals surface area (Å²) in [5, 5.41) is 4.45. The fraction of sp³-hybridized carbons (Fsp3) is 0.0714. The van der Waals surface area contributed by atoms with Gasteiger partial charge in [-0.05, 0) is 36.8 Å². The molecule has 6 heteroatoms. The number of aromatic nitrogens is 3. The van der Waals surface area contributed by atoms with Crippen LogP contribution in [0.2, 0.25) is 4.34 Å². The zero-order chi connectivity index (χ0) is 14.1. The molecule has 0 fully saturated rings. The van der Waals surface area contributed by atoms with Crippen LogP contribution in [0, 0.1) is 6.92 Å². The molecule has 0 atom stereocenters. The Morgan fingerprint density at radius 3 is 2.85 bits per heavy atom. The third-order valence-electron chi connectivity index (χ3n) is 2.81. The third kappa shape index (κ3) is 2.37. The number of aldehydes is 1. The molecule has 0 amide bonds. The number of rotatable bonds is 3.